The monoisotopic (exact) mass is 227 g/mol. The van der Waals surface area contributed by atoms with E-state index in [4.69, 9.17) is 0 Å². The van der Waals surface area contributed by atoms with Crippen molar-refractivity contribution in [2.45, 2.75) is 18.9 Å². The maximum atomic E-state index is 11.3. The van der Waals surface area contributed by atoms with Crippen LogP contribution in [0.1, 0.15) is 12.8 Å². The van der Waals surface area contributed by atoms with Gasteiger partial charge in [-0.25, -0.2) is 4.79 Å². The number of hydrogen-bond donors (Lipinski definition) is 2. The summed E-state index contributed by atoms with van der Waals surface area (Å²) < 4.78 is 0. The van der Waals surface area contributed by atoms with Gasteiger partial charge in [-0.1, -0.05) is 0 Å². The summed E-state index contributed by atoms with van der Waals surface area (Å²) in [5.41, 5.74) is 0. The van der Waals surface area contributed by atoms with Gasteiger partial charge < -0.3 is 20.2 Å². The molecule has 2 fully saturated rings. The summed E-state index contributed by atoms with van der Waals surface area (Å²) >= 11 is 0. The van der Waals surface area contributed by atoms with Crippen molar-refractivity contribution in [2.75, 3.05) is 39.8 Å². The summed E-state index contributed by atoms with van der Waals surface area (Å²) in [5, 5.41) is 12.0. The number of rotatable bonds is 5. The van der Waals surface area contributed by atoms with Crippen LogP contribution in [-0.4, -0.2) is 66.8 Å². The summed E-state index contributed by atoms with van der Waals surface area (Å²) in [6.07, 6.45) is 1.81. The maximum absolute atomic E-state index is 11.3. The third kappa shape index (κ3) is 2.86. The molecular formula is C11H21N3O2. The number of amides is 2. The summed E-state index contributed by atoms with van der Waals surface area (Å²) in [7, 11) is 2.08. The summed E-state index contributed by atoms with van der Waals surface area (Å²) in [6.45, 7) is 4.36. The molecule has 0 radical (unpaired) electrons. The number of carbonyl (C=O) groups is 1. The van der Waals surface area contributed by atoms with E-state index in [9.17, 15) is 9.90 Å². The molecule has 0 aromatic heterocycles. The first-order valence-electron chi connectivity index (χ1n) is 6.04. The first-order valence-corrected chi connectivity index (χ1v) is 6.04. The van der Waals surface area contributed by atoms with Crippen molar-refractivity contribution in [2.24, 2.45) is 5.92 Å². The van der Waals surface area contributed by atoms with Gasteiger partial charge in [-0.2, -0.15) is 0 Å². The standard InChI is InChI=1S/C11H21N3O2/c1-13(8-9-6-10(15)7-9)4-5-14-3-2-12-11(14)16/h9-10,15H,2-8H2,1H3,(H,12,16). The average Bonchev–Trinajstić information content (AvgIpc) is 2.59. The zero-order valence-electron chi connectivity index (χ0n) is 9.85. The van der Waals surface area contributed by atoms with Crippen molar-refractivity contribution < 1.29 is 9.90 Å². The van der Waals surface area contributed by atoms with Crippen LogP contribution in [-0.2, 0) is 0 Å². The van der Waals surface area contributed by atoms with Gasteiger partial charge in [0, 0.05) is 32.7 Å². The summed E-state index contributed by atoms with van der Waals surface area (Å²) in [6, 6.07) is 0.0625. The molecule has 0 unspecified atom stereocenters. The molecule has 1 aliphatic heterocycles. The molecule has 2 N–H and O–H groups in total. The number of nitrogens with zero attached hydrogens (tertiary/aromatic N) is 2. The smallest absolute Gasteiger partial charge is 0.317 e. The lowest BCUT2D eigenvalue weighted by Gasteiger charge is -2.34. The van der Waals surface area contributed by atoms with Crippen molar-refractivity contribution in [3.63, 3.8) is 0 Å². The maximum Gasteiger partial charge on any atom is 0.317 e. The van der Waals surface area contributed by atoms with E-state index in [1.165, 1.54) is 0 Å². The second-order valence-corrected chi connectivity index (χ2v) is 4.97. The number of hydrogen-bond acceptors (Lipinski definition) is 3. The minimum Gasteiger partial charge on any atom is -0.393 e. The van der Waals surface area contributed by atoms with Crippen LogP contribution in [0.15, 0.2) is 0 Å². The highest BCUT2D eigenvalue weighted by Crippen LogP contribution is 2.27. The number of likely N-dealkylation sites (N-methyl/N-ethyl adjacent to an activating group) is 1. The molecule has 5 nitrogen and oxygen atoms in total. The molecule has 1 heterocycles. The highest BCUT2D eigenvalue weighted by molar-refractivity contribution is 5.76. The minimum atomic E-state index is -0.0669. The summed E-state index contributed by atoms with van der Waals surface area (Å²) in [4.78, 5) is 15.4. The zero-order chi connectivity index (χ0) is 11.5. The van der Waals surface area contributed by atoms with E-state index in [-0.39, 0.29) is 12.1 Å². The number of carbonyl (C=O) groups excluding carboxylic acids is 1. The zero-order valence-corrected chi connectivity index (χ0v) is 9.85. The predicted molar refractivity (Wildman–Crippen MR) is 61.2 cm³/mol. The Hall–Kier alpha value is -0.810. The van der Waals surface area contributed by atoms with E-state index in [1.807, 2.05) is 4.90 Å². The second-order valence-electron chi connectivity index (χ2n) is 4.97. The molecule has 2 aliphatic rings. The van der Waals surface area contributed by atoms with Crippen LogP contribution in [0.2, 0.25) is 0 Å². The fourth-order valence-corrected chi connectivity index (χ4v) is 2.40. The molecule has 16 heavy (non-hydrogen) atoms. The molecule has 0 bridgehead atoms. The van der Waals surface area contributed by atoms with E-state index >= 15 is 0 Å². The van der Waals surface area contributed by atoms with Gasteiger partial charge in [0.05, 0.1) is 6.10 Å². The van der Waals surface area contributed by atoms with Crippen LogP contribution in [0.4, 0.5) is 4.79 Å². The van der Waals surface area contributed by atoms with Crippen molar-refractivity contribution in [1.82, 2.24) is 15.1 Å². The van der Waals surface area contributed by atoms with Crippen LogP contribution in [0, 0.1) is 5.92 Å². The van der Waals surface area contributed by atoms with Gasteiger partial charge in [0.2, 0.25) is 0 Å². The lowest BCUT2D eigenvalue weighted by Crippen LogP contribution is -2.40. The van der Waals surface area contributed by atoms with E-state index in [0.717, 1.165) is 45.6 Å². The first-order chi connectivity index (χ1) is 7.65. The predicted octanol–water partition coefficient (Wildman–Crippen LogP) is -0.286. The Bertz CT molecular complexity index is 254. The van der Waals surface area contributed by atoms with Crippen molar-refractivity contribution in [3.8, 4) is 0 Å². The molecular weight excluding hydrogens is 206 g/mol. The lowest BCUT2D eigenvalue weighted by molar-refractivity contribution is 0.0278. The molecule has 5 heteroatoms. The molecule has 2 amide bonds. The van der Waals surface area contributed by atoms with Crippen molar-refractivity contribution in [1.29, 1.82) is 0 Å². The Kier molecular flexibility index (Phi) is 3.66. The third-order valence-corrected chi connectivity index (χ3v) is 3.48. The topological polar surface area (TPSA) is 55.8 Å². The van der Waals surface area contributed by atoms with Gasteiger partial charge in [0.15, 0.2) is 0 Å². The molecule has 0 atom stereocenters. The number of nitrogens with one attached hydrogen (secondary N) is 1. The van der Waals surface area contributed by atoms with Gasteiger partial charge in [0.25, 0.3) is 0 Å². The van der Waals surface area contributed by atoms with E-state index in [1.54, 1.807) is 0 Å². The minimum absolute atomic E-state index is 0.0625. The molecule has 0 aromatic rings. The normalized spacial score (nSPS) is 29.4. The van der Waals surface area contributed by atoms with Crippen LogP contribution < -0.4 is 5.32 Å². The Balaban J connectivity index is 1.60. The van der Waals surface area contributed by atoms with Crippen LogP contribution in [0.5, 0.6) is 0 Å². The third-order valence-electron chi connectivity index (χ3n) is 3.48. The Morgan fingerprint density at radius 1 is 1.56 bits per heavy atom. The van der Waals surface area contributed by atoms with E-state index in [0.29, 0.717) is 5.92 Å². The Labute approximate surface area is 96.4 Å². The molecule has 92 valence electrons. The largest absolute Gasteiger partial charge is 0.393 e. The van der Waals surface area contributed by atoms with E-state index < -0.39 is 0 Å². The SMILES string of the molecule is CN(CCN1CCNC1=O)CC1CC(O)C1. The van der Waals surface area contributed by atoms with Gasteiger partial charge >= 0.3 is 6.03 Å². The quantitative estimate of drug-likeness (QED) is 0.679. The second kappa shape index (κ2) is 5.01. The van der Waals surface area contributed by atoms with Gasteiger partial charge in [-0.3, -0.25) is 0 Å². The molecule has 0 spiro atoms. The molecule has 1 saturated carbocycles. The van der Waals surface area contributed by atoms with Crippen LogP contribution in [0.25, 0.3) is 0 Å². The Morgan fingerprint density at radius 3 is 2.88 bits per heavy atom. The van der Waals surface area contributed by atoms with Crippen molar-refractivity contribution in [3.05, 3.63) is 0 Å². The van der Waals surface area contributed by atoms with Gasteiger partial charge in [0.1, 0.15) is 0 Å². The van der Waals surface area contributed by atoms with Gasteiger partial charge in [-0.05, 0) is 25.8 Å². The lowest BCUT2D eigenvalue weighted by atomic mass is 9.82. The number of aliphatic hydroxyl groups excluding tert-OH is 1. The average molecular weight is 227 g/mol. The number of aliphatic hydroxyl groups is 1. The summed E-state index contributed by atoms with van der Waals surface area (Å²) in [5.74, 6) is 0.646. The highest BCUT2D eigenvalue weighted by Gasteiger charge is 2.28. The molecule has 1 saturated heterocycles. The van der Waals surface area contributed by atoms with Gasteiger partial charge in [-0.15, -0.1) is 0 Å². The Morgan fingerprint density at radius 2 is 2.31 bits per heavy atom. The first kappa shape index (κ1) is 11.7. The van der Waals surface area contributed by atoms with Crippen molar-refractivity contribution >= 4 is 6.03 Å². The molecule has 1 aliphatic carbocycles. The van der Waals surface area contributed by atoms with Crippen LogP contribution >= 0.6 is 0 Å². The molecule has 0 aromatic carbocycles. The fourth-order valence-electron chi connectivity index (χ4n) is 2.40. The number of urea groups is 1. The van der Waals surface area contributed by atoms with E-state index in [2.05, 4.69) is 17.3 Å². The van der Waals surface area contributed by atoms with Crippen LogP contribution in [0.3, 0.4) is 0 Å². The fraction of sp³-hybridized carbons (Fsp3) is 0.909. The highest BCUT2D eigenvalue weighted by atomic mass is 16.3. The molecule has 2 rings (SSSR count).